The molecular weight excluding hydrogens is 440 g/mol. The largest absolute Gasteiger partial charge is 0.380 e. The van der Waals surface area contributed by atoms with Crippen molar-refractivity contribution in [3.8, 4) is 11.4 Å². The first-order chi connectivity index (χ1) is 13.6. The Bertz CT molecular complexity index is 973. The Morgan fingerprint density at radius 3 is 2.82 bits per heavy atom. The van der Waals surface area contributed by atoms with Crippen LogP contribution in [0.4, 0.5) is 5.82 Å². The van der Waals surface area contributed by atoms with Crippen LogP contribution in [0, 0.1) is 0 Å². The van der Waals surface area contributed by atoms with Crippen LogP contribution in [0.2, 0.25) is 5.02 Å². The molecule has 1 saturated heterocycles. The van der Waals surface area contributed by atoms with Gasteiger partial charge < -0.3 is 14.2 Å². The van der Waals surface area contributed by atoms with Gasteiger partial charge in [0.05, 0.1) is 17.1 Å². The van der Waals surface area contributed by atoms with Crippen molar-refractivity contribution < 1.29 is 4.74 Å². The zero-order chi connectivity index (χ0) is 19.7. The summed E-state index contributed by atoms with van der Waals surface area (Å²) in [6.45, 7) is 7.36. The van der Waals surface area contributed by atoms with Crippen molar-refractivity contribution in [3.05, 3.63) is 40.0 Å². The number of hydrogen-bond donors (Lipinski definition) is 0. The number of hydrogen-bond acceptors (Lipinski definition) is 4. The lowest BCUT2D eigenvalue weighted by Crippen LogP contribution is -2.26. The highest BCUT2D eigenvalue weighted by atomic mass is 79.9. The summed E-state index contributed by atoms with van der Waals surface area (Å²) < 4.78 is 8.60. The van der Waals surface area contributed by atoms with Gasteiger partial charge in [-0.2, -0.15) is 0 Å². The number of halogens is 2. The van der Waals surface area contributed by atoms with Gasteiger partial charge >= 0.3 is 0 Å². The van der Waals surface area contributed by atoms with E-state index in [2.05, 4.69) is 44.5 Å². The number of benzene rings is 1. The minimum Gasteiger partial charge on any atom is -0.380 e. The van der Waals surface area contributed by atoms with E-state index in [1.165, 1.54) is 12.8 Å². The minimum absolute atomic E-state index is 0.547. The standard InChI is InChI=1S/C21H24BrClN4O/c1-3-28-12-11-27-17-8-7-16(22)19(23)20(17)25-21(27)15-6-9-18(24-13-15)26-10-4-5-14(26)2/h6-9,13-14H,3-5,10-12H2,1-2H3. The molecule has 1 aliphatic rings. The van der Waals surface area contributed by atoms with Crippen LogP contribution in [-0.4, -0.2) is 40.3 Å². The van der Waals surface area contributed by atoms with Gasteiger partial charge in [-0.25, -0.2) is 9.97 Å². The molecule has 0 radical (unpaired) electrons. The highest BCUT2D eigenvalue weighted by Gasteiger charge is 2.22. The molecule has 0 N–H and O–H groups in total. The molecule has 1 unspecified atom stereocenters. The first-order valence-electron chi connectivity index (χ1n) is 9.75. The molecule has 4 rings (SSSR count). The van der Waals surface area contributed by atoms with Crippen molar-refractivity contribution >= 4 is 44.4 Å². The molecule has 1 aliphatic heterocycles. The number of imidazole rings is 1. The van der Waals surface area contributed by atoms with E-state index in [0.717, 1.165) is 39.3 Å². The SMILES string of the molecule is CCOCCn1c(-c2ccc(N3CCCC3C)nc2)nc2c(Cl)c(Br)ccc21. The zero-order valence-electron chi connectivity index (χ0n) is 16.2. The average Bonchev–Trinajstić information content (AvgIpc) is 3.29. The van der Waals surface area contributed by atoms with E-state index >= 15 is 0 Å². The van der Waals surface area contributed by atoms with E-state index in [4.69, 9.17) is 26.3 Å². The second-order valence-electron chi connectivity index (χ2n) is 7.10. The number of ether oxygens (including phenoxy) is 1. The summed E-state index contributed by atoms with van der Waals surface area (Å²) in [6, 6.07) is 8.76. The smallest absolute Gasteiger partial charge is 0.142 e. The summed E-state index contributed by atoms with van der Waals surface area (Å²) in [6.07, 6.45) is 4.37. The first kappa shape index (κ1) is 19.7. The lowest BCUT2D eigenvalue weighted by molar-refractivity contribution is 0.140. The normalized spacial score (nSPS) is 17.0. The Kier molecular flexibility index (Phi) is 5.90. The van der Waals surface area contributed by atoms with E-state index in [0.29, 0.717) is 30.8 Å². The number of aromatic nitrogens is 3. The van der Waals surface area contributed by atoms with Crippen molar-refractivity contribution in [1.29, 1.82) is 0 Å². The molecule has 28 heavy (non-hydrogen) atoms. The predicted octanol–water partition coefficient (Wildman–Crippen LogP) is 5.54. The van der Waals surface area contributed by atoms with Crippen LogP contribution in [0.25, 0.3) is 22.4 Å². The molecule has 3 aromatic rings. The molecular formula is C21H24BrClN4O. The maximum absolute atomic E-state index is 6.51. The highest BCUT2D eigenvalue weighted by molar-refractivity contribution is 9.10. The van der Waals surface area contributed by atoms with E-state index in [1.807, 2.05) is 25.3 Å². The fourth-order valence-electron chi connectivity index (χ4n) is 3.84. The van der Waals surface area contributed by atoms with Gasteiger partial charge in [-0.15, -0.1) is 0 Å². The average molecular weight is 464 g/mol. The van der Waals surface area contributed by atoms with E-state index in [-0.39, 0.29) is 0 Å². The van der Waals surface area contributed by atoms with Crippen molar-refractivity contribution in [1.82, 2.24) is 14.5 Å². The minimum atomic E-state index is 0.547. The Morgan fingerprint density at radius 1 is 1.29 bits per heavy atom. The van der Waals surface area contributed by atoms with Crippen molar-refractivity contribution in [2.24, 2.45) is 0 Å². The number of pyridine rings is 1. The summed E-state index contributed by atoms with van der Waals surface area (Å²) in [5.41, 5.74) is 2.77. The van der Waals surface area contributed by atoms with Crippen LogP contribution in [0.15, 0.2) is 34.9 Å². The molecule has 148 valence electrons. The maximum atomic E-state index is 6.51. The van der Waals surface area contributed by atoms with Gasteiger partial charge in [0, 0.05) is 42.0 Å². The molecule has 1 atom stereocenters. The summed E-state index contributed by atoms with van der Waals surface area (Å²) in [7, 11) is 0. The molecule has 0 aliphatic carbocycles. The van der Waals surface area contributed by atoms with Gasteiger partial charge in [0.1, 0.15) is 17.2 Å². The second kappa shape index (κ2) is 8.39. The van der Waals surface area contributed by atoms with Crippen LogP contribution in [0.5, 0.6) is 0 Å². The molecule has 1 fully saturated rings. The third-order valence-electron chi connectivity index (χ3n) is 5.33. The van der Waals surface area contributed by atoms with E-state index in [1.54, 1.807) is 0 Å². The number of fused-ring (bicyclic) bond motifs is 1. The second-order valence-corrected chi connectivity index (χ2v) is 8.34. The van der Waals surface area contributed by atoms with Crippen LogP contribution in [0.3, 0.4) is 0 Å². The number of rotatable bonds is 6. The highest BCUT2D eigenvalue weighted by Crippen LogP contribution is 2.34. The van der Waals surface area contributed by atoms with Gasteiger partial charge in [-0.3, -0.25) is 0 Å². The number of anilines is 1. The molecule has 0 spiro atoms. The van der Waals surface area contributed by atoms with Gasteiger partial charge in [0.25, 0.3) is 0 Å². The Morgan fingerprint density at radius 2 is 2.14 bits per heavy atom. The lowest BCUT2D eigenvalue weighted by atomic mass is 10.2. The predicted molar refractivity (Wildman–Crippen MR) is 118 cm³/mol. The summed E-state index contributed by atoms with van der Waals surface area (Å²) >= 11 is 10.0. The third kappa shape index (κ3) is 3.65. The summed E-state index contributed by atoms with van der Waals surface area (Å²) in [5, 5.41) is 0.629. The van der Waals surface area contributed by atoms with Gasteiger partial charge in [0.15, 0.2) is 0 Å². The van der Waals surface area contributed by atoms with Crippen LogP contribution >= 0.6 is 27.5 Å². The first-order valence-corrected chi connectivity index (χ1v) is 10.9. The molecule has 2 aromatic heterocycles. The molecule has 5 nitrogen and oxygen atoms in total. The van der Waals surface area contributed by atoms with E-state index in [9.17, 15) is 0 Å². The molecule has 0 amide bonds. The van der Waals surface area contributed by atoms with Crippen molar-refractivity contribution in [2.75, 3.05) is 24.7 Å². The fourth-order valence-corrected chi connectivity index (χ4v) is 4.37. The van der Waals surface area contributed by atoms with Gasteiger partial charge in [-0.05, 0) is 66.9 Å². The quantitative estimate of drug-likeness (QED) is 0.450. The summed E-state index contributed by atoms with van der Waals surface area (Å²) in [5.74, 6) is 1.90. The Hall–Kier alpha value is -1.63. The molecule has 0 bridgehead atoms. The maximum Gasteiger partial charge on any atom is 0.142 e. The molecule has 1 aromatic carbocycles. The third-order valence-corrected chi connectivity index (χ3v) is 6.60. The van der Waals surface area contributed by atoms with Crippen LogP contribution in [0.1, 0.15) is 26.7 Å². The lowest BCUT2D eigenvalue weighted by Gasteiger charge is -2.22. The van der Waals surface area contributed by atoms with Crippen molar-refractivity contribution in [3.63, 3.8) is 0 Å². The molecule has 0 saturated carbocycles. The zero-order valence-corrected chi connectivity index (χ0v) is 18.5. The summed E-state index contributed by atoms with van der Waals surface area (Å²) in [4.78, 5) is 12.0. The topological polar surface area (TPSA) is 43.2 Å². The molecule has 3 heterocycles. The number of nitrogens with zero attached hydrogens (tertiary/aromatic N) is 4. The monoisotopic (exact) mass is 462 g/mol. The Labute approximate surface area is 178 Å². The van der Waals surface area contributed by atoms with Crippen LogP contribution in [-0.2, 0) is 11.3 Å². The van der Waals surface area contributed by atoms with Crippen LogP contribution < -0.4 is 4.90 Å². The van der Waals surface area contributed by atoms with Gasteiger partial charge in [-0.1, -0.05) is 11.6 Å². The molecule has 7 heteroatoms. The van der Waals surface area contributed by atoms with Crippen molar-refractivity contribution in [2.45, 2.75) is 39.3 Å². The Balaban J connectivity index is 1.74. The fraction of sp³-hybridized carbons (Fsp3) is 0.429. The van der Waals surface area contributed by atoms with E-state index < -0.39 is 0 Å². The van der Waals surface area contributed by atoms with Gasteiger partial charge in [0.2, 0.25) is 0 Å².